The van der Waals surface area contributed by atoms with Gasteiger partial charge in [-0.3, -0.25) is 15.0 Å². The zero-order valence-corrected chi connectivity index (χ0v) is 75.7. The smallest absolute Gasteiger partial charge is 0.164 e. The second kappa shape index (κ2) is 37.4. The molecule has 12 nitrogen and oxygen atoms in total. The summed E-state index contributed by atoms with van der Waals surface area (Å²) >= 11 is 0. The topological polar surface area (TPSA) is 155 Å². The van der Waals surface area contributed by atoms with E-state index in [2.05, 4.69) is 308 Å². The van der Waals surface area contributed by atoms with Crippen molar-refractivity contribution in [1.82, 2.24) is 59.8 Å². The molecule has 0 atom stereocenters. The number of rotatable bonds is 15. The monoisotopic (exact) mass is 1790 g/mol. The Bertz CT molecular complexity index is 9040. The highest BCUT2D eigenvalue weighted by molar-refractivity contribution is 6.15. The van der Waals surface area contributed by atoms with Crippen LogP contribution in [0.3, 0.4) is 0 Å². The first-order valence-corrected chi connectivity index (χ1v) is 46.8. The molecule has 26 aromatic rings. The molecule has 654 valence electrons. The van der Waals surface area contributed by atoms with E-state index in [4.69, 9.17) is 54.8 Å². The maximum absolute atomic E-state index is 5.13. The van der Waals surface area contributed by atoms with Crippen molar-refractivity contribution in [3.05, 3.63) is 498 Å². The summed E-state index contributed by atoms with van der Waals surface area (Å²) in [5.41, 5.74) is 25.6. The largest absolute Gasteiger partial charge is 0.256 e. The van der Waals surface area contributed by atoms with Crippen LogP contribution in [0.25, 0.3) is 256 Å². The van der Waals surface area contributed by atoms with E-state index in [-0.39, 0.29) is 0 Å². The summed E-state index contributed by atoms with van der Waals surface area (Å²) in [6, 6.07) is 166. The predicted octanol–water partition coefficient (Wildman–Crippen LogP) is 32.0. The van der Waals surface area contributed by atoms with Crippen LogP contribution in [0.5, 0.6) is 0 Å². The van der Waals surface area contributed by atoms with Crippen molar-refractivity contribution in [2.24, 2.45) is 0 Å². The van der Waals surface area contributed by atoms with Gasteiger partial charge in [-0.2, -0.15) is 0 Å². The molecule has 0 aliphatic rings. The molecule has 0 spiro atoms. The molecular weight excluding hydrogens is 1710 g/mol. The number of hydrogen-bond acceptors (Lipinski definition) is 12. The molecule has 0 bridgehead atoms. The molecule has 0 unspecified atom stereocenters. The van der Waals surface area contributed by atoms with Crippen molar-refractivity contribution in [3.8, 4) is 169 Å². The Kier molecular flexibility index (Phi) is 22.5. The number of benzene rings is 20. The third kappa shape index (κ3) is 16.7. The first kappa shape index (κ1) is 84.0. The molecule has 6 aromatic heterocycles. The quantitative estimate of drug-likeness (QED) is 0.0897. The Morgan fingerprint density at radius 1 is 0.107 bits per heavy atom. The highest BCUT2D eigenvalue weighted by atomic mass is 15.1. The van der Waals surface area contributed by atoms with E-state index in [1.165, 1.54) is 44.0 Å². The van der Waals surface area contributed by atoms with E-state index in [0.717, 1.165) is 159 Å². The average Bonchev–Trinajstić information content (AvgIpc) is 0.762. The van der Waals surface area contributed by atoms with Crippen molar-refractivity contribution in [2.45, 2.75) is 0 Å². The third-order valence-corrected chi connectivity index (χ3v) is 25.9. The molecule has 140 heavy (non-hydrogen) atoms. The minimum absolute atomic E-state index is 0.636. The molecule has 12 heteroatoms. The second-order valence-electron chi connectivity index (χ2n) is 34.5. The lowest BCUT2D eigenvalue weighted by Gasteiger charge is -2.15. The van der Waals surface area contributed by atoms with Gasteiger partial charge < -0.3 is 0 Å². The molecule has 0 saturated heterocycles. The van der Waals surface area contributed by atoms with Gasteiger partial charge in [-0.15, -0.1) is 0 Å². The van der Waals surface area contributed by atoms with Gasteiger partial charge in [0.1, 0.15) is 0 Å². The summed E-state index contributed by atoms with van der Waals surface area (Å²) in [6.07, 6.45) is 5.59. The molecule has 26 rings (SSSR count). The lowest BCUT2D eigenvalue weighted by Crippen LogP contribution is -2.00. The summed E-state index contributed by atoms with van der Waals surface area (Å²) < 4.78 is 0. The minimum atomic E-state index is 0.636. The van der Waals surface area contributed by atoms with Crippen LogP contribution in [0.4, 0.5) is 0 Å². The highest BCUT2D eigenvalue weighted by Crippen LogP contribution is 2.45. The predicted molar refractivity (Wildman–Crippen MR) is 574 cm³/mol. The van der Waals surface area contributed by atoms with Gasteiger partial charge in [-0.05, 0) is 159 Å². The highest BCUT2D eigenvalue weighted by Gasteiger charge is 2.23. The van der Waals surface area contributed by atoms with E-state index in [0.29, 0.717) is 52.4 Å². The first-order chi connectivity index (χ1) is 69.4. The lowest BCUT2D eigenvalue weighted by atomic mass is 9.91. The van der Waals surface area contributed by atoms with Crippen molar-refractivity contribution >= 4 is 86.6 Å². The molecule has 0 fully saturated rings. The molecule has 20 aromatic carbocycles. The standard InChI is InChI=1S/C50H32N4.C44H28N4.C34H22N4/c1-3-13-33(14-4-1)34-24-26-36(27-25-34)49-52-48(35-15-5-2-6-16-35)53-50(54-49)45-29-28-40(41-20-7-8-21-42(41)45)37-17-11-18-38(31-37)46-32-39-19-12-30-51-47(39)44-23-10-9-22-43(44)46;1-3-13-29(14-4-1)42-46-43(30-15-5-2-6-16-30)48-44(47-42)39-25-24-34(35-20-7-8-21-36(35)39)31-17-11-18-32(27-31)40-28-33-19-12-26-45-41(33)38-23-10-9-22-37(38)40;1-3-9-25(10-4-1)32-36-33(26-11-5-2-6-12-26)38-34(37-32)27-18-16-23(17-19-27)28-14-7-15-30-29(28)21-20-24-13-8-22-35-31(24)30/h1-32H;1-28H;1-22H. The molecule has 0 aliphatic heterocycles. The maximum Gasteiger partial charge on any atom is 0.164 e. The summed E-state index contributed by atoms with van der Waals surface area (Å²) in [6.45, 7) is 0. The van der Waals surface area contributed by atoms with Crippen LogP contribution in [-0.2, 0) is 0 Å². The maximum atomic E-state index is 5.13. The summed E-state index contributed by atoms with van der Waals surface area (Å²) in [5.74, 6) is 5.83. The number of pyridine rings is 3. The zero-order valence-electron chi connectivity index (χ0n) is 75.7. The minimum Gasteiger partial charge on any atom is -0.256 e. The van der Waals surface area contributed by atoms with E-state index in [1.54, 1.807) is 0 Å². The van der Waals surface area contributed by atoms with Crippen LogP contribution < -0.4 is 0 Å². The Balaban J connectivity index is 0.000000116. The van der Waals surface area contributed by atoms with Gasteiger partial charge >= 0.3 is 0 Å². The van der Waals surface area contributed by atoms with Crippen molar-refractivity contribution in [1.29, 1.82) is 0 Å². The van der Waals surface area contributed by atoms with Crippen LogP contribution in [0.2, 0.25) is 0 Å². The van der Waals surface area contributed by atoms with Crippen molar-refractivity contribution < 1.29 is 0 Å². The summed E-state index contributed by atoms with van der Waals surface area (Å²) in [5, 5.41) is 14.9. The van der Waals surface area contributed by atoms with Gasteiger partial charge in [-0.1, -0.05) is 425 Å². The summed E-state index contributed by atoms with van der Waals surface area (Å²) in [4.78, 5) is 58.8. The Labute approximate surface area is 808 Å². The Morgan fingerprint density at radius 3 is 0.686 bits per heavy atom. The Hall–Kier alpha value is -19.0. The fraction of sp³-hybridized carbons (Fsp3) is 0. The molecule has 0 aliphatic carbocycles. The molecular formula is C128H82N12. The molecule has 6 heterocycles. The molecule has 0 saturated carbocycles. The fourth-order valence-corrected chi connectivity index (χ4v) is 19.1. The molecule has 0 N–H and O–H groups in total. The summed E-state index contributed by atoms with van der Waals surface area (Å²) in [7, 11) is 0. The van der Waals surface area contributed by atoms with Crippen molar-refractivity contribution in [2.75, 3.05) is 0 Å². The van der Waals surface area contributed by atoms with Crippen LogP contribution in [0.1, 0.15) is 0 Å². The van der Waals surface area contributed by atoms with Gasteiger partial charge in [0, 0.05) is 101 Å². The van der Waals surface area contributed by atoms with Crippen LogP contribution in [0, 0.1) is 0 Å². The van der Waals surface area contributed by atoms with Gasteiger partial charge in [0.15, 0.2) is 52.4 Å². The van der Waals surface area contributed by atoms with E-state index in [9.17, 15) is 0 Å². The molecule has 0 radical (unpaired) electrons. The van der Waals surface area contributed by atoms with Gasteiger partial charge in [-0.25, -0.2) is 44.9 Å². The van der Waals surface area contributed by atoms with Gasteiger partial charge in [0.2, 0.25) is 0 Å². The van der Waals surface area contributed by atoms with Gasteiger partial charge in [0.05, 0.1) is 16.6 Å². The number of aromatic nitrogens is 12. The van der Waals surface area contributed by atoms with Gasteiger partial charge in [0.25, 0.3) is 0 Å². The van der Waals surface area contributed by atoms with E-state index >= 15 is 0 Å². The van der Waals surface area contributed by atoms with Crippen LogP contribution in [0.15, 0.2) is 498 Å². The van der Waals surface area contributed by atoms with Crippen LogP contribution in [-0.4, -0.2) is 59.8 Å². The normalized spacial score (nSPS) is 11.3. The van der Waals surface area contributed by atoms with E-state index in [1.807, 2.05) is 195 Å². The fourth-order valence-electron chi connectivity index (χ4n) is 19.1. The Morgan fingerprint density at radius 2 is 0.329 bits per heavy atom. The van der Waals surface area contributed by atoms with Crippen LogP contribution >= 0.6 is 0 Å². The molecule has 0 amide bonds. The second-order valence-corrected chi connectivity index (χ2v) is 34.5. The number of nitrogens with zero attached hydrogens (tertiary/aromatic N) is 12. The first-order valence-electron chi connectivity index (χ1n) is 46.8. The average molecular weight is 1790 g/mol. The SMILES string of the molecule is c1ccc(-c2ccc(-c3nc(-c4ccccc4)nc(-c4ccc(-c5cccc(-c6cc7cccnc7c7ccccc67)c5)c5ccccc45)n3)cc2)cc1.c1ccc(-c2nc(-c3ccccc3)nc(-c3ccc(-c4cccc(-c5cc6cccnc6c6ccccc56)c4)c4ccccc34)n2)cc1.c1ccc(-c2nc(-c3ccccc3)nc(-c3ccc(-c4cccc5c4ccc4cccnc45)cc3)n2)cc1. The van der Waals surface area contributed by atoms with E-state index < -0.39 is 0 Å². The lowest BCUT2D eigenvalue weighted by molar-refractivity contribution is 1.07. The number of hydrogen-bond donors (Lipinski definition) is 0. The van der Waals surface area contributed by atoms with Crippen molar-refractivity contribution in [3.63, 3.8) is 0 Å². The third-order valence-electron chi connectivity index (χ3n) is 25.9. The number of fused-ring (bicyclic) bond motifs is 11. The zero-order chi connectivity index (χ0) is 93.0.